The normalized spacial score (nSPS) is 10.2. The third-order valence-electron chi connectivity index (χ3n) is 2.89. The molecule has 2 aromatic carbocycles. The summed E-state index contributed by atoms with van der Waals surface area (Å²) in [7, 11) is 0. The second-order valence-electron chi connectivity index (χ2n) is 4.49. The average Bonchev–Trinajstić information content (AvgIpc) is 2.95. The van der Waals surface area contributed by atoms with Crippen LogP contribution in [0.3, 0.4) is 0 Å². The van der Waals surface area contributed by atoms with E-state index in [0.717, 1.165) is 10.2 Å². The van der Waals surface area contributed by atoms with E-state index in [0.29, 0.717) is 16.3 Å². The van der Waals surface area contributed by atoms with Crippen molar-refractivity contribution in [1.82, 2.24) is 0 Å². The maximum absolute atomic E-state index is 12.2. The van der Waals surface area contributed by atoms with Crippen LogP contribution in [-0.2, 0) is 0 Å². The van der Waals surface area contributed by atoms with Crippen LogP contribution < -0.4 is 10.1 Å². The minimum absolute atomic E-state index is 0.140. The molecule has 0 spiro atoms. The molecule has 0 atom stereocenters. The zero-order chi connectivity index (χ0) is 15.4. The summed E-state index contributed by atoms with van der Waals surface area (Å²) in [6, 6.07) is 18.7. The van der Waals surface area contributed by atoms with Crippen LogP contribution in [0.4, 0.5) is 5.69 Å². The number of amides is 1. The van der Waals surface area contributed by atoms with Gasteiger partial charge in [0, 0.05) is 16.2 Å². The molecule has 3 rings (SSSR count). The Bertz CT molecular complexity index is 786. The van der Waals surface area contributed by atoms with Gasteiger partial charge in [-0.2, -0.15) is 0 Å². The fourth-order valence-electron chi connectivity index (χ4n) is 1.91. The Morgan fingerprint density at radius 2 is 1.77 bits per heavy atom. The van der Waals surface area contributed by atoms with Crippen molar-refractivity contribution in [2.24, 2.45) is 0 Å². The Kier molecular flexibility index (Phi) is 4.56. The number of rotatable bonds is 4. The summed E-state index contributed by atoms with van der Waals surface area (Å²) >= 11 is 4.76. The number of nitrogens with one attached hydrogen (secondary N) is 1. The second kappa shape index (κ2) is 6.77. The molecule has 3 nitrogen and oxygen atoms in total. The van der Waals surface area contributed by atoms with E-state index in [1.807, 2.05) is 60.0 Å². The van der Waals surface area contributed by atoms with Crippen molar-refractivity contribution in [3.05, 3.63) is 75.4 Å². The molecule has 3 aromatic rings. The van der Waals surface area contributed by atoms with Crippen LogP contribution in [0.15, 0.2) is 70.5 Å². The fraction of sp³-hybridized carbons (Fsp3) is 0. The molecule has 0 bridgehead atoms. The van der Waals surface area contributed by atoms with Gasteiger partial charge in [0.15, 0.2) is 0 Å². The van der Waals surface area contributed by atoms with Gasteiger partial charge in [-0.3, -0.25) is 4.79 Å². The first-order valence-corrected chi connectivity index (χ1v) is 8.27. The SMILES string of the molecule is O=C(Nc1cccc(Oc2ccccc2)c1)c1sccc1Br. The van der Waals surface area contributed by atoms with Crippen molar-refractivity contribution in [3.63, 3.8) is 0 Å². The van der Waals surface area contributed by atoms with E-state index in [9.17, 15) is 4.79 Å². The first-order valence-electron chi connectivity index (χ1n) is 6.60. The number of anilines is 1. The van der Waals surface area contributed by atoms with Crippen molar-refractivity contribution in [2.45, 2.75) is 0 Å². The zero-order valence-corrected chi connectivity index (χ0v) is 13.9. The van der Waals surface area contributed by atoms with Gasteiger partial charge in [0.2, 0.25) is 0 Å². The van der Waals surface area contributed by atoms with Crippen molar-refractivity contribution in [2.75, 3.05) is 5.32 Å². The van der Waals surface area contributed by atoms with E-state index in [1.165, 1.54) is 11.3 Å². The van der Waals surface area contributed by atoms with Gasteiger partial charge in [0.1, 0.15) is 16.4 Å². The van der Waals surface area contributed by atoms with Crippen LogP contribution in [-0.4, -0.2) is 5.91 Å². The molecule has 0 aliphatic carbocycles. The molecule has 1 aromatic heterocycles. The Hall–Kier alpha value is -2.11. The molecule has 22 heavy (non-hydrogen) atoms. The highest BCUT2D eigenvalue weighted by atomic mass is 79.9. The first kappa shape index (κ1) is 14.8. The van der Waals surface area contributed by atoms with E-state index in [-0.39, 0.29) is 5.91 Å². The molecule has 1 heterocycles. The molecule has 110 valence electrons. The van der Waals surface area contributed by atoms with Crippen molar-refractivity contribution < 1.29 is 9.53 Å². The Morgan fingerprint density at radius 3 is 2.50 bits per heavy atom. The fourth-order valence-corrected chi connectivity index (χ4v) is 3.35. The number of benzene rings is 2. The molecule has 0 aliphatic heterocycles. The molecule has 5 heteroatoms. The highest BCUT2D eigenvalue weighted by molar-refractivity contribution is 9.10. The summed E-state index contributed by atoms with van der Waals surface area (Å²) in [5, 5.41) is 4.74. The Balaban J connectivity index is 1.74. The minimum Gasteiger partial charge on any atom is -0.457 e. The van der Waals surface area contributed by atoms with Crippen molar-refractivity contribution in [1.29, 1.82) is 0 Å². The molecular formula is C17H12BrNO2S. The summed E-state index contributed by atoms with van der Waals surface area (Å²) < 4.78 is 6.55. The van der Waals surface area contributed by atoms with Crippen LogP contribution in [0.1, 0.15) is 9.67 Å². The molecule has 0 fully saturated rings. The lowest BCUT2D eigenvalue weighted by Crippen LogP contribution is -2.10. The minimum atomic E-state index is -0.140. The maximum atomic E-state index is 12.2. The summed E-state index contributed by atoms with van der Waals surface area (Å²) in [6.45, 7) is 0. The summed E-state index contributed by atoms with van der Waals surface area (Å²) in [5.74, 6) is 1.29. The monoisotopic (exact) mass is 373 g/mol. The molecule has 0 saturated heterocycles. The number of para-hydroxylation sites is 1. The van der Waals surface area contributed by atoms with Gasteiger partial charge in [0.05, 0.1) is 0 Å². The smallest absolute Gasteiger partial charge is 0.266 e. The zero-order valence-electron chi connectivity index (χ0n) is 11.5. The predicted molar refractivity (Wildman–Crippen MR) is 92.9 cm³/mol. The number of ether oxygens (including phenoxy) is 1. The van der Waals surface area contributed by atoms with Gasteiger partial charge in [-0.1, -0.05) is 24.3 Å². The van der Waals surface area contributed by atoms with Crippen LogP contribution in [0.25, 0.3) is 0 Å². The quantitative estimate of drug-likeness (QED) is 0.650. The van der Waals surface area contributed by atoms with Gasteiger partial charge in [-0.25, -0.2) is 0 Å². The highest BCUT2D eigenvalue weighted by Gasteiger charge is 2.12. The lowest BCUT2D eigenvalue weighted by Gasteiger charge is -2.08. The third-order valence-corrected chi connectivity index (χ3v) is 4.73. The largest absolute Gasteiger partial charge is 0.457 e. The Labute approximate surface area is 140 Å². The van der Waals surface area contributed by atoms with Crippen molar-refractivity contribution in [3.8, 4) is 11.5 Å². The molecule has 0 unspecified atom stereocenters. The maximum Gasteiger partial charge on any atom is 0.266 e. The number of carbonyl (C=O) groups excluding carboxylic acids is 1. The van der Waals surface area contributed by atoms with Crippen LogP contribution in [0, 0.1) is 0 Å². The average molecular weight is 374 g/mol. The lowest BCUT2D eigenvalue weighted by molar-refractivity contribution is 0.103. The van der Waals surface area contributed by atoms with Gasteiger partial charge < -0.3 is 10.1 Å². The van der Waals surface area contributed by atoms with Gasteiger partial charge in [0.25, 0.3) is 5.91 Å². The second-order valence-corrected chi connectivity index (χ2v) is 6.27. The number of thiophene rings is 1. The number of carbonyl (C=O) groups is 1. The van der Waals surface area contributed by atoms with E-state index in [1.54, 1.807) is 6.07 Å². The third kappa shape index (κ3) is 3.55. The molecule has 0 radical (unpaired) electrons. The molecule has 1 N–H and O–H groups in total. The molecule has 1 amide bonds. The predicted octanol–water partition coefficient (Wildman–Crippen LogP) is 5.56. The molecule has 0 saturated carbocycles. The van der Waals surface area contributed by atoms with Crippen LogP contribution in [0.5, 0.6) is 11.5 Å². The van der Waals surface area contributed by atoms with Crippen LogP contribution >= 0.6 is 27.3 Å². The first-order chi connectivity index (χ1) is 10.7. The summed E-state index contributed by atoms with van der Waals surface area (Å²) in [6.07, 6.45) is 0. The highest BCUT2D eigenvalue weighted by Crippen LogP contribution is 2.26. The molecule has 0 aliphatic rings. The number of hydrogen-bond acceptors (Lipinski definition) is 3. The number of halogens is 1. The topological polar surface area (TPSA) is 38.3 Å². The summed E-state index contributed by atoms with van der Waals surface area (Å²) in [5.41, 5.74) is 0.693. The summed E-state index contributed by atoms with van der Waals surface area (Å²) in [4.78, 5) is 12.8. The lowest BCUT2D eigenvalue weighted by atomic mass is 10.3. The standard InChI is InChI=1S/C17H12BrNO2S/c18-15-9-10-22-16(15)17(20)19-12-5-4-8-14(11-12)21-13-6-2-1-3-7-13/h1-11H,(H,19,20). The van der Waals surface area contributed by atoms with E-state index in [4.69, 9.17) is 4.74 Å². The van der Waals surface area contributed by atoms with Gasteiger partial charge in [-0.05, 0) is 51.6 Å². The number of hydrogen-bond donors (Lipinski definition) is 1. The Morgan fingerprint density at radius 1 is 1.00 bits per heavy atom. The molecular weight excluding hydrogens is 362 g/mol. The van der Waals surface area contributed by atoms with Crippen molar-refractivity contribution >= 4 is 38.9 Å². The van der Waals surface area contributed by atoms with Crippen LogP contribution in [0.2, 0.25) is 0 Å². The van der Waals surface area contributed by atoms with E-state index in [2.05, 4.69) is 21.2 Å². The van der Waals surface area contributed by atoms with Gasteiger partial charge in [-0.15, -0.1) is 11.3 Å². The van der Waals surface area contributed by atoms with E-state index >= 15 is 0 Å². The van der Waals surface area contributed by atoms with E-state index < -0.39 is 0 Å². The van der Waals surface area contributed by atoms with Gasteiger partial charge >= 0.3 is 0 Å².